The van der Waals surface area contributed by atoms with Crippen LogP contribution in [0.15, 0.2) is 63.8 Å². The largest absolute Gasteiger partial charge is 0.493 e. The first-order valence-corrected chi connectivity index (χ1v) is 12.9. The van der Waals surface area contributed by atoms with E-state index in [4.69, 9.17) is 9.47 Å². The minimum absolute atomic E-state index is 0.0652. The summed E-state index contributed by atoms with van der Waals surface area (Å²) in [5.74, 6) is -0.170. The third-order valence-corrected chi connectivity index (χ3v) is 7.48. The van der Waals surface area contributed by atoms with Gasteiger partial charge < -0.3 is 14.4 Å². The van der Waals surface area contributed by atoms with Gasteiger partial charge in [0.05, 0.1) is 29.7 Å². The fourth-order valence-electron chi connectivity index (χ4n) is 3.61. The number of methoxy groups -OCH3 is 1. The Morgan fingerprint density at radius 1 is 1.00 bits per heavy atom. The Hall–Kier alpha value is -3.45. The summed E-state index contributed by atoms with van der Waals surface area (Å²) in [7, 11) is 3.16. The van der Waals surface area contributed by atoms with E-state index < -0.39 is 41.6 Å². The van der Waals surface area contributed by atoms with E-state index in [1.807, 2.05) is 29.5 Å². The highest BCUT2D eigenvalue weighted by atomic mass is 32.2. The molecule has 2 aromatic carbocycles. The smallest absolute Gasteiger partial charge is 0.416 e. The molecule has 0 atom stereocenters. The number of ether oxygens (including phenoxy) is 2. The van der Waals surface area contributed by atoms with E-state index in [0.717, 1.165) is 10.9 Å². The standard InChI is InChI=1S/C26H20F6N2O3S2/c1-34(13-18-4-3-9-38-18)24-33-23(35)22(39-24)11-15-5-8-20(21(10-15)36-2)37-14-16-6-7-17(25(27,28)29)12-19(16)26(30,31)32/h3-12H,13-14H2,1-2H3/b22-11-. The van der Waals surface area contributed by atoms with Gasteiger partial charge in [-0.3, -0.25) is 4.79 Å². The van der Waals surface area contributed by atoms with Crippen LogP contribution in [0.2, 0.25) is 0 Å². The molecule has 0 unspecified atom stereocenters. The summed E-state index contributed by atoms with van der Waals surface area (Å²) in [4.78, 5) is 19.9. The topological polar surface area (TPSA) is 51.1 Å². The van der Waals surface area contributed by atoms with Crippen molar-refractivity contribution in [3.63, 3.8) is 0 Å². The summed E-state index contributed by atoms with van der Waals surface area (Å²) < 4.78 is 89.9. The van der Waals surface area contributed by atoms with Crippen molar-refractivity contribution in [2.75, 3.05) is 14.2 Å². The van der Waals surface area contributed by atoms with E-state index in [-0.39, 0.29) is 17.6 Å². The molecule has 0 fully saturated rings. The Kier molecular flexibility index (Phi) is 8.31. The van der Waals surface area contributed by atoms with Gasteiger partial charge in [0.25, 0.3) is 5.91 Å². The second-order valence-corrected chi connectivity index (χ2v) is 10.4. The Balaban J connectivity index is 1.48. The molecule has 0 aliphatic carbocycles. The fraction of sp³-hybridized carbons (Fsp3) is 0.231. The van der Waals surface area contributed by atoms with E-state index in [9.17, 15) is 31.1 Å². The van der Waals surface area contributed by atoms with E-state index in [1.54, 1.807) is 23.5 Å². The molecular weight excluding hydrogens is 566 g/mol. The quantitative estimate of drug-likeness (QED) is 0.212. The zero-order valence-electron chi connectivity index (χ0n) is 20.4. The summed E-state index contributed by atoms with van der Waals surface area (Å²) in [5.41, 5.74) is -2.75. The number of thioether (sulfide) groups is 1. The van der Waals surface area contributed by atoms with Gasteiger partial charge in [-0.2, -0.15) is 31.3 Å². The maximum absolute atomic E-state index is 13.4. The van der Waals surface area contributed by atoms with E-state index in [1.165, 1.54) is 31.0 Å². The summed E-state index contributed by atoms with van der Waals surface area (Å²) >= 11 is 2.80. The number of aliphatic imine (C=N–C) groups is 1. The van der Waals surface area contributed by atoms with Gasteiger partial charge in [0.15, 0.2) is 16.7 Å². The van der Waals surface area contributed by atoms with Crippen LogP contribution in [0, 0.1) is 0 Å². The number of carbonyl (C=O) groups excluding carboxylic acids is 1. The molecule has 1 aliphatic rings. The highest BCUT2D eigenvalue weighted by molar-refractivity contribution is 8.18. The molecule has 1 aromatic heterocycles. The number of rotatable bonds is 7. The first kappa shape index (κ1) is 28.6. The van der Waals surface area contributed by atoms with Crippen LogP contribution < -0.4 is 9.47 Å². The minimum atomic E-state index is -5.01. The van der Waals surface area contributed by atoms with Crippen molar-refractivity contribution >= 4 is 40.2 Å². The lowest BCUT2D eigenvalue weighted by Gasteiger charge is -2.17. The van der Waals surface area contributed by atoms with Crippen molar-refractivity contribution in [3.05, 3.63) is 85.9 Å². The van der Waals surface area contributed by atoms with Gasteiger partial charge in [-0.1, -0.05) is 18.2 Å². The SMILES string of the molecule is COc1cc(/C=C2\SC(N(C)Cc3cccs3)=NC2=O)ccc1OCc1ccc(C(F)(F)F)cc1C(F)(F)F. The van der Waals surface area contributed by atoms with Gasteiger partial charge in [-0.25, -0.2) is 0 Å². The average Bonchev–Trinajstić information content (AvgIpc) is 3.51. The fourth-order valence-corrected chi connectivity index (χ4v) is 5.24. The van der Waals surface area contributed by atoms with Gasteiger partial charge in [0.2, 0.25) is 0 Å². The number of hydrogen-bond donors (Lipinski definition) is 0. The third-order valence-electron chi connectivity index (χ3n) is 5.52. The van der Waals surface area contributed by atoms with Crippen molar-refractivity contribution in [2.45, 2.75) is 25.5 Å². The summed E-state index contributed by atoms with van der Waals surface area (Å²) in [6.07, 6.45) is -8.33. The molecule has 0 bridgehead atoms. The Bertz CT molecular complexity index is 1420. The second-order valence-electron chi connectivity index (χ2n) is 8.31. The van der Waals surface area contributed by atoms with Gasteiger partial charge in [-0.05, 0) is 59.1 Å². The van der Waals surface area contributed by atoms with E-state index in [2.05, 4.69) is 4.99 Å². The zero-order valence-corrected chi connectivity index (χ0v) is 22.0. The van der Waals surface area contributed by atoms with Crippen molar-refractivity contribution in [1.82, 2.24) is 4.90 Å². The molecule has 0 radical (unpaired) electrons. The molecule has 13 heteroatoms. The number of halogens is 6. The van der Waals surface area contributed by atoms with E-state index in [0.29, 0.717) is 28.2 Å². The van der Waals surface area contributed by atoms with Crippen LogP contribution in [0.1, 0.15) is 27.1 Å². The summed E-state index contributed by atoms with van der Waals surface area (Å²) in [6.45, 7) is -0.0508. The lowest BCUT2D eigenvalue weighted by molar-refractivity contribution is -0.143. The molecule has 4 rings (SSSR count). The van der Waals surface area contributed by atoms with Crippen molar-refractivity contribution in [1.29, 1.82) is 0 Å². The molecule has 0 saturated carbocycles. The predicted molar refractivity (Wildman–Crippen MR) is 138 cm³/mol. The third kappa shape index (κ3) is 6.95. The number of nitrogens with zero attached hydrogens (tertiary/aromatic N) is 2. The predicted octanol–water partition coefficient (Wildman–Crippen LogP) is 7.48. The lowest BCUT2D eigenvalue weighted by atomic mass is 10.0. The average molecular weight is 587 g/mol. The Labute approximate surface area is 227 Å². The molecule has 0 spiro atoms. The second kappa shape index (κ2) is 11.3. The Morgan fingerprint density at radius 3 is 2.41 bits per heavy atom. The van der Waals surface area contributed by atoms with Crippen LogP contribution in [0.25, 0.3) is 6.08 Å². The monoisotopic (exact) mass is 586 g/mol. The molecule has 3 aromatic rings. The molecule has 39 heavy (non-hydrogen) atoms. The first-order chi connectivity index (χ1) is 18.3. The highest BCUT2D eigenvalue weighted by Crippen LogP contribution is 2.39. The van der Waals surface area contributed by atoms with Crippen LogP contribution in [0.3, 0.4) is 0 Å². The number of amidine groups is 1. The van der Waals surface area contributed by atoms with Crippen LogP contribution in [-0.2, 0) is 30.3 Å². The Morgan fingerprint density at radius 2 is 1.77 bits per heavy atom. The number of amides is 1. The number of carbonyl (C=O) groups is 1. The van der Waals surface area contributed by atoms with Crippen molar-refractivity contribution in [3.8, 4) is 11.5 Å². The molecule has 0 N–H and O–H groups in total. The molecule has 0 saturated heterocycles. The number of hydrogen-bond acceptors (Lipinski definition) is 6. The molecule has 5 nitrogen and oxygen atoms in total. The van der Waals surface area contributed by atoms with Crippen LogP contribution in [-0.4, -0.2) is 30.1 Å². The molecule has 1 aliphatic heterocycles. The van der Waals surface area contributed by atoms with Crippen molar-refractivity contribution < 1.29 is 40.6 Å². The first-order valence-electron chi connectivity index (χ1n) is 11.2. The minimum Gasteiger partial charge on any atom is -0.493 e. The van der Waals surface area contributed by atoms with Gasteiger partial charge in [-0.15, -0.1) is 11.3 Å². The van der Waals surface area contributed by atoms with Crippen LogP contribution in [0.4, 0.5) is 26.3 Å². The maximum Gasteiger partial charge on any atom is 0.416 e. The van der Waals surface area contributed by atoms with Crippen LogP contribution in [0.5, 0.6) is 11.5 Å². The normalized spacial score (nSPS) is 15.0. The van der Waals surface area contributed by atoms with Crippen molar-refractivity contribution in [2.24, 2.45) is 4.99 Å². The van der Waals surface area contributed by atoms with Gasteiger partial charge in [0, 0.05) is 17.5 Å². The maximum atomic E-state index is 13.4. The van der Waals surface area contributed by atoms with Gasteiger partial charge >= 0.3 is 12.4 Å². The number of benzene rings is 2. The summed E-state index contributed by atoms with van der Waals surface area (Å²) in [6, 6.07) is 9.85. The highest BCUT2D eigenvalue weighted by Gasteiger charge is 2.38. The lowest BCUT2D eigenvalue weighted by Crippen LogP contribution is -2.21. The molecule has 206 valence electrons. The zero-order chi connectivity index (χ0) is 28.4. The molecular formula is C26H20F6N2O3S2. The number of alkyl halides is 6. The molecule has 2 heterocycles. The molecule has 1 amide bonds. The van der Waals surface area contributed by atoms with Gasteiger partial charge in [0.1, 0.15) is 6.61 Å². The summed E-state index contributed by atoms with van der Waals surface area (Å²) in [5, 5.41) is 2.51. The van der Waals surface area contributed by atoms with E-state index >= 15 is 0 Å². The van der Waals surface area contributed by atoms with Crippen LogP contribution >= 0.6 is 23.1 Å². The number of thiophene rings is 1.